The second kappa shape index (κ2) is 5.87. The molecule has 0 radical (unpaired) electrons. The highest BCUT2D eigenvalue weighted by atomic mass is 19.1. The topological polar surface area (TPSA) is 55.1 Å². The monoisotopic (exact) mass is 294 g/mol. The lowest BCUT2D eigenvalue weighted by molar-refractivity contribution is 0.0931. The van der Waals surface area contributed by atoms with Gasteiger partial charge < -0.3 is 11.1 Å². The van der Waals surface area contributed by atoms with Crippen molar-refractivity contribution in [1.82, 2.24) is 5.32 Å². The van der Waals surface area contributed by atoms with Gasteiger partial charge in [0.15, 0.2) is 5.82 Å². The number of hydrogen-bond donors (Lipinski definition) is 2. The van der Waals surface area contributed by atoms with Crippen LogP contribution in [0.3, 0.4) is 0 Å². The summed E-state index contributed by atoms with van der Waals surface area (Å²) in [5.41, 5.74) is 4.73. The number of rotatable bonds is 3. The minimum Gasteiger partial charge on any atom is -0.396 e. The van der Waals surface area contributed by atoms with Gasteiger partial charge in [0.1, 0.15) is 17.2 Å². The maximum Gasteiger partial charge on any atom is 0.257 e. The first kappa shape index (κ1) is 14.9. The van der Waals surface area contributed by atoms with E-state index in [1.54, 1.807) is 13.0 Å². The molecule has 2 aromatic carbocycles. The maximum absolute atomic E-state index is 13.7. The van der Waals surface area contributed by atoms with Gasteiger partial charge in [-0.25, -0.2) is 13.2 Å². The van der Waals surface area contributed by atoms with Crippen LogP contribution >= 0.6 is 0 Å². The number of amides is 1. The summed E-state index contributed by atoms with van der Waals surface area (Å²) in [6.07, 6.45) is 0. The highest BCUT2D eigenvalue weighted by Crippen LogP contribution is 2.20. The summed E-state index contributed by atoms with van der Waals surface area (Å²) in [6, 6.07) is 6.91. The summed E-state index contributed by atoms with van der Waals surface area (Å²) in [4.78, 5) is 12.0. The molecule has 0 spiro atoms. The van der Waals surface area contributed by atoms with Gasteiger partial charge in [-0.15, -0.1) is 0 Å². The molecule has 110 valence electrons. The third-order valence-electron chi connectivity index (χ3n) is 3.04. The van der Waals surface area contributed by atoms with Crippen LogP contribution in [0, 0.1) is 17.5 Å². The van der Waals surface area contributed by atoms with E-state index in [0.29, 0.717) is 5.56 Å². The third kappa shape index (κ3) is 3.16. The quantitative estimate of drug-likeness (QED) is 0.854. The molecule has 2 aromatic rings. The fourth-order valence-corrected chi connectivity index (χ4v) is 1.90. The second-order valence-electron chi connectivity index (χ2n) is 4.58. The normalized spacial score (nSPS) is 12.0. The van der Waals surface area contributed by atoms with Gasteiger partial charge in [0, 0.05) is 0 Å². The first-order valence-electron chi connectivity index (χ1n) is 6.20. The molecule has 0 bridgehead atoms. The fourth-order valence-electron chi connectivity index (χ4n) is 1.90. The lowest BCUT2D eigenvalue weighted by atomic mass is 10.1. The number of benzene rings is 2. The Morgan fingerprint density at radius 3 is 2.57 bits per heavy atom. The standard InChI is InChI=1S/C15H13F3N2O/c1-8(9-3-2-4-10(16)7-9)20-15(21)13-11(17)5-6-12(19)14(13)18/h2-8H,19H2,1H3,(H,20,21). The minimum atomic E-state index is -1.11. The van der Waals surface area contributed by atoms with Crippen molar-refractivity contribution in [3.8, 4) is 0 Å². The van der Waals surface area contributed by atoms with Gasteiger partial charge >= 0.3 is 0 Å². The van der Waals surface area contributed by atoms with Crippen molar-refractivity contribution in [1.29, 1.82) is 0 Å². The van der Waals surface area contributed by atoms with Gasteiger partial charge in [-0.2, -0.15) is 0 Å². The first-order chi connectivity index (χ1) is 9.90. The smallest absolute Gasteiger partial charge is 0.257 e. The van der Waals surface area contributed by atoms with Crippen molar-refractivity contribution in [2.24, 2.45) is 0 Å². The fraction of sp³-hybridized carbons (Fsp3) is 0.133. The molecule has 0 fully saturated rings. The van der Waals surface area contributed by atoms with Crippen LogP contribution in [0.2, 0.25) is 0 Å². The Kier molecular flexibility index (Phi) is 4.16. The van der Waals surface area contributed by atoms with Crippen LogP contribution in [-0.4, -0.2) is 5.91 Å². The van der Waals surface area contributed by atoms with Crippen LogP contribution < -0.4 is 11.1 Å². The molecule has 1 atom stereocenters. The average molecular weight is 294 g/mol. The Hall–Kier alpha value is -2.50. The van der Waals surface area contributed by atoms with E-state index < -0.39 is 35.0 Å². The van der Waals surface area contributed by atoms with Crippen LogP contribution in [0.1, 0.15) is 28.9 Å². The molecule has 0 saturated heterocycles. The largest absolute Gasteiger partial charge is 0.396 e. The van der Waals surface area contributed by atoms with E-state index in [1.807, 2.05) is 0 Å². The molecule has 0 aliphatic rings. The SMILES string of the molecule is CC(NC(=O)c1c(F)ccc(N)c1F)c1cccc(F)c1. The molecule has 2 rings (SSSR count). The Bertz CT molecular complexity index is 689. The van der Waals surface area contributed by atoms with Crippen molar-refractivity contribution in [3.63, 3.8) is 0 Å². The molecule has 0 aromatic heterocycles. The zero-order valence-corrected chi connectivity index (χ0v) is 11.2. The number of anilines is 1. The lowest BCUT2D eigenvalue weighted by Gasteiger charge is -2.15. The van der Waals surface area contributed by atoms with E-state index in [2.05, 4.69) is 5.32 Å². The van der Waals surface area contributed by atoms with Gasteiger partial charge in [0.2, 0.25) is 0 Å². The molecule has 0 heterocycles. The Labute approximate surface area is 119 Å². The molecule has 1 unspecified atom stereocenters. The molecule has 0 saturated carbocycles. The van der Waals surface area contributed by atoms with Gasteiger partial charge in [-0.05, 0) is 36.8 Å². The Balaban J connectivity index is 2.24. The lowest BCUT2D eigenvalue weighted by Crippen LogP contribution is -2.28. The summed E-state index contributed by atoms with van der Waals surface area (Å²) < 4.78 is 40.4. The molecule has 0 aliphatic heterocycles. The van der Waals surface area contributed by atoms with Gasteiger partial charge in [-0.1, -0.05) is 12.1 Å². The van der Waals surface area contributed by atoms with Crippen molar-refractivity contribution in [2.75, 3.05) is 5.73 Å². The number of carbonyl (C=O) groups excluding carboxylic acids is 1. The van der Waals surface area contributed by atoms with Crippen molar-refractivity contribution in [2.45, 2.75) is 13.0 Å². The molecule has 21 heavy (non-hydrogen) atoms. The number of nitrogen functional groups attached to an aromatic ring is 1. The highest BCUT2D eigenvalue weighted by molar-refractivity contribution is 5.95. The van der Waals surface area contributed by atoms with Gasteiger partial charge in [0.25, 0.3) is 5.91 Å². The predicted octanol–water partition coefficient (Wildman–Crippen LogP) is 3.18. The van der Waals surface area contributed by atoms with Crippen molar-refractivity contribution < 1.29 is 18.0 Å². The molecular formula is C15H13F3N2O. The first-order valence-corrected chi connectivity index (χ1v) is 6.20. The zero-order valence-electron chi connectivity index (χ0n) is 11.2. The van der Waals surface area contributed by atoms with E-state index in [9.17, 15) is 18.0 Å². The number of nitrogens with one attached hydrogen (secondary N) is 1. The summed E-state index contributed by atoms with van der Waals surface area (Å²) in [6.45, 7) is 1.58. The van der Waals surface area contributed by atoms with Crippen LogP contribution in [0.25, 0.3) is 0 Å². The Morgan fingerprint density at radius 2 is 1.90 bits per heavy atom. The number of nitrogens with two attached hydrogens (primary N) is 1. The average Bonchev–Trinajstić information content (AvgIpc) is 2.43. The number of carbonyl (C=O) groups is 1. The Morgan fingerprint density at radius 1 is 1.19 bits per heavy atom. The van der Waals surface area contributed by atoms with Crippen LogP contribution in [0.4, 0.5) is 18.9 Å². The minimum absolute atomic E-state index is 0.319. The zero-order chi connectivity index (χ0) is 15.6. The molecule has 6 heteroatoms. The molecule has 3 nitrogen and oxygen atoms in total. The third-order valence-corrected chi connectivity index (χ3v) is 3.04. The summed E-state index contributed by atoms with van der Waals surface area (Å²) in [7, 11) is 0. The predicted molar refractivity (Wildman–Crippen MR) is 73.1 cm³/mol. The second-order valence-corrected chi connectivity index (χ2v) is 4.58. The van der Waals surface area contributed by atoms with E-state index in [4.69, 9.17) is 5.73 Å². The van der Waals surface area contributed by atoms with Gasteiger partial charge in [-0.3, -0.25) is 4.79 Å². The van der Waals surface area contributed by atoms with Crippen LogP contribution in [-0.2, 0) is 0 Å². The van der Waals surface area contributed by atoms with E-state index in [-0.39, 0.29) is 5.69 Å². The van der Waals surface area contributed by atoms with Gasteiger partial charge in [0.05, 0.1) is 11.7 Å². The summed E-state index contributed by atoms with van der Waals surface area (Å²) in [5, 5.41) is 2.41. The number of halogens is 3. The highest BCUT2D eigenvalue weighted by Gasteiger charge is 2.21. The van der Waals surface area contributed by atoms with E-state index in [1.165, 1.54) is 18.2 Å². The molecule has 3 N–H and O–H groups in total. The van der Waals surface area contributed by atoms with Crippen molar-refractivity contribution >= 4 is 11.6 Å². The molecule has 0 aliphatic carbocycles. The van der Waals surface area contributed by atoms with Crippen LogP contribution in [0.15, 0.2) is 36.4 Å². The summed E-state index contributed by atoms with van der Waals surface area (Å²) >= 11 is 0. The van der Waals surface area contributed by atoms with Crippen molar-refractivity contribution in [3.05, 3.63) is 65.0 Å². The van der Waals surface area contributed by atoms with Crippen LogP contribution in [0.5, 0.6) is 0 Å². The maximum atomic E-state index is 13.7. The van der Waals surface area contributed by atoms with E-state index >= 15 is 0 Å². The number of hydrogen-bond acceptors (Lipinski definition) is 2. The molecular weight excluding hydrogens is 281 g/mol. The van der Waals surface area contributed by atoms with E-state index in [0.717, 1.165) is 12.1 Å². The molecule has 1 amide bonds. The summed E-state index contributed by atoms with van der Waals surface area (Å²) in [5.74, 6) is -3.53.